The van der Waals surface area contributed by atoms with Gasteiger partial charge in [0.25, 0.3) is 0 Å². The van der Waals surface area contributed by atoms with Crippen LogP contribution in [0, 0.1) is 33.9 Å². The molecule has 2 aromatic heterocycles. The van der Waals surface area contributed by atoms with E-state index in [9.17, 15) is 26.3 Å². The maximum Gasteiger partial charge on any atom is 0.416 e. The zero-order valence-corrected chi connectivity index (χ0v) is 28.4. The number of hydrogen-bond donors (Lipinski definition) is 0. The highest BCUT2D eigenvalue weighted by Crippen LogP contribution is 2.49. The molecular formula is C43H26F6N4. The first-order valence-corrected chi connectivity index (χ1v) is 16.5. The lowest BCUT2D eigenvalue weighted by molar-refractivity contribution is -0.138. The second kappa shape index (κ2) is 11.8. The maximum atomic E-state index is 14.7. The van der Waals surface area contributed by atoms with Crippen LogP contribution >= 0.6 is 0 Å². The molecule has 6 aromatic carbocycles. The quantitative estimate of drug-likeness (QED) is 0.128. The van der Waals surface area contributed by atoms with Gasteiger partial charge < -0.3 is 9.13 Å². The first-order valence-electron chi connectivity index (χ1n) is 16.5. The highest BCUT2D eigenvalue weighted by atomic mass is 19.4. The summed E-state index contributed by atoms with van der Waals surface area (Å²) in [5, 5.41) is 2.88. The highest BCUT2D eigenvalue weighted by Gasteiger charge is 2.36. The number of rotatable bonds is 3. The molecule has 0 saturated heterocycles. The molecule has 53 heavy (non-hydrogen) atoms. The van der Waals surface area contributed by atoms with E-state index in [1.807, 2.05) is 79.9 Å². The lowest BCUT2D eigenvalue weighted by atomic mass is 9.94. The van der Waals surface area contributed by atoms with Gasteiger partial charge in [0.1, 0.15) is 0 Å². The fourth-order valence-electron chi connectivity index (χ4n) is 7.43. The smallest absolute Gasteiger partial charge is 0.308 e. The Morgan fingerprint density at radius 3 is 1.40 bits per heavy atom. The maximum absolute atomic E-state index is 14.7. The second-order valence-corrected chi connectivity index (χ2v) is 13.2. The molecule has 0 aliphatic heterocycles. The predicted molar refractivity (Wildman–Crippen MR) is 197 cm³/mol. The summed E-state index contributed by atoms with van der Waals surface area (Å²) >= 11 is 0. The topological polar surface area (TPSA) is 18.6 Å². The van der Waals surface area contributed by atoms with E-state index in [4.69, 9.17) is 13.1 Å². The normalized spacial score (nSPS) is 12.2. The average molecular weight is 713 g/mol. The van der Waals surface area contributed by atoms with Crippen LogP contribution in [0.15, 0.2) is 103 Å². The number of alkyl halides is 6. The number of halogens is 6. The molecule has 10 heteroatoms. The van der Waals surface area contributed by atoms with Gasteiger partial charge in [-0.2, -0.15) is 26.3 Å². The Kier molecular flexibility index (Phi) is 7.46. The van der Waals surface area contributed by atoms with E-state index in [0.29, 0.717) is 33.0 Å². The molecule has 0 aliphatic rings. The lowest BCUT2D eigenvalue weighted by Gasteiger charge is -2.22. The molecule has 0 fully saturated rings. The van der Waals surface area contributed by atoms with Gasteiger partial charge in [-0.1, -0.05) is 60.7 Å². The van der Waals surface area contributed by atoms with E-state index < -0.39 is 29.0 Å². The Labute approximate surface area is 299 Å². The summed E-state index contributed by atoms with van der Waals surface area (Å²) in [5.41, 5.74) is 2.37. The van der Waals surface area contributed by atoms with Crippen molar-refractivity contribution < 1.29 is 26.3 Å². The van der Waals surface area contributed by atoms with Crippen molar-refractivity contribution in [3.8, 4) is 22.5 Å². The van der Waals surface area contributed by atoms with Crippen molar-refractivity contribution in [1.29, 1.82) is 0 Å². The summed E-state index contributed by atoms with van der Waals surface area (Å²) in [6.45, 7) is 21.8. The third-order valence-corrected chi connectivity index (χ3v) is 9.76. The van der Waals surface area contributed by atoms with Gasteiger partial charge in [0.05, 0.1) is 57.7 Å². The van der Waals surface area contributed by atoms with Gasteiger partial charge in [-0.25, -0.2) is 9.69 Å². The van der Waals surface area contributed by atoms with E-state index in [-0.39, 0.29) is 28.1 Å². The van der Waals surface area contributed by atoms with Gasteiger partial charge in [0.15, 0.2) is 11.4 Å². The molecule has 4 nitrogen and oxygen atoms in total. The predicted octanol–water partition coefficient (Wildman–Crippen LogP) is 13.6. The molecule has 260 valence electrons. The molecule has 0 N–H and O–H groups in total. The van der Waals surface area contributed by atoms with E-state index in [1.54, 1.807) is 4.57 Å². The third kappa shape index (κ3) is 5.29. The van der Waals surface area contributed by atoms with Crippen LogP contribution in [-0.2, 0) is 12.4 Å². The summed E-state index contributed by atoms with van der Waals surface area (Å²) in [4.78, 5) is 7.14. The summed E-state index contributed by atoms with van der Waals surface area (Å²) in [7, 11) is 0. The van der Waals surface area contributed by atoms with Crippen LogP contribution in [0.25, 0.3) is 75.8 Å². The van der Waals surface area contributed by atoms with Crippen molar-refractivity contribution in [3.63, 3.8) is 0 Å². The fraction of sp³-hybridized carbons (Fsp3) is 0.116. The van der Waals surface area contributed by atoms with Gasteiger partial charge >= 0.3 is 12.4 Å². The van der Waals surface area contributed by atoms with Crippen molar-refractivity contribution in [1.82, 2.24) is 9.13 Å². The molecule has 0 bridgehead atoms. The zero-order chi connectivity index (χ0) is 37.6. The molecule has 0 unspecified atom stereocenters. The van der Waals surface area contributed by atoms with E-state index in [2.05, 4.69) is 9.69 Å². The Morgan fingerprint density at radius 1 is 0.491 bits per heavy atom. The Balaban J connectivity index is 1.64. The molecule has 2 heterocycles. The van der Waals surface area contributed by atoms with E-state index in [1.165, 1.54) is 24.3 Å². The van der Waals surface area contributed by atoms with Gasteiger partial charge in [0.2, 0.25) is 0 Å². The minimum absolute atomic E-state index is 0.124. The van der Waals surface area contributed by atoms with Crippen molar-refractivity contribution >= 4 is 55.0 Å². The van der Waals surface area contributed by atoms with E-state index in [0.717, 1.165) is 51.7 Å². The van der Waals surface area contributed by atoms with Gasteiger partial charge in [-0.3, -0.25) is 0 Å². The SMILES string of the molecule is [C-]#[N+]c1cc(-n2c3cc(C)ccc3c3ccc(C(F)(F)F)cc32)c(-n2c3cc(C)ccc3c3ccc(C)cc32)cc1-c1c([N+]#[C-])cccc1C(F)(F)F. The molecule has 0 radical (unpaired) electrons. The van der Waals surface area contributed by atoms with Crippen LogP contribution in [0.5, 0.6) is 0 Å². The molecule has 0 spiro atoms. The minimum Gasteiger partial charge on any atom is -0.308 e. The van der Waals surface area contributed by atoms with Gasteiger partial charge in [-0.15, -0.1) is 0 Å². The fourth-order valence-corrected chi connectivity index (χ4v) is 7.43. The lowest BCUT2D eigenvalue weighted by Crippen LogP contribution is -2.09. The number of hydrogen-bond acceptors (Lipinski definition) is 0. The standard InChI is InChI=1S/C43H26F6N4/c1-23-9-13-27-28-14-10-24(2)18-36(28)52(35(27)17-23)39-21-31(41-32(43(47,48)49)7-6-8-33(41)50-4)34(51-5)22-40(39)53-37-19-25(3)11-15-29(37)30-16-12-26(20-38(30)53)42(44,45)46/h6-22H,1-3H3. The summed E-state index contributed by atoms with van der Waals surface area (Å²) in [5.74, 6) is 0. The highest BCUT2D eigenvalue weighted by molar-refractivity contribution is 6.12. The number of aromatic nitrogens is 2. The van der Waals surface area contributed by atoms with Crippen LogP contribution in [0.3, 0.4) is 0 Å². The van der Waals surface area contributed by atoms with Crippen molar-refractivity contribution in [2.75, 3.05) is 0 Å². The minimum atomic E-state index is -4.87. The number of fused-ring (bicyclic) bond motifs is 6. The Bertz CT molecular complexity index is 2870. The summed E-state index contributed by atoms with van der Waals surface area (Å²) in [6.07, 6.45) is -9.54. The second-order valence-electron chi connectivity index (χ2n) is 13.2. The molecule has 0 amide bonds. The average Bonchev–Trinajstić information content (AvgIpc) is 3.60. The van der Waals surface area contributed by atoms with Crippen LogP contribution in [0.4, 0.5) is 37.7 Å². The molecule has 8 aromatic rings. The largest absolute Gasteiger partial charge is 0.416 e. The first kappa shape index (κ1) is 33.6. The van der Waals surface area contributed by atoms with Crippen molar-refractivity contribution in [2.45, 2.75) is 33.1 Å². The molecular weight excluding hydrogens is 686 g/mol. The van der Waals surface area contributed by atoms with Crippen LogP contribution in [0.1, 0.15) is 27.8 Å². The van der Waals surface area contributed by atoms with Crippen LogP contribution < -0.4 is 0 Å². The molecule has 0 aliphatic carbocycles. The zero-order valence-electron chi connectivity index (χ0n) is 28.4. The van der Waals surface area contributed by atoms with Crippen LogP contribution in [0.2, 0.25) is 0 Å². The Morgan fingerprint density at radius 2 is 0.943 bits per heavy atom. The number of benzene rings is 6. The first-order chi connectivity index (χ1) is 25.2. The van der Waals surface area contributed by atoms with E-state index >= 15 is 0 Å². The number of aryl methyl sites for hydroxylation is 3. The van der Waals surface area contributed by atoms with Crippen molar-refractivity contribution in [2.24, 2.45) is 0 Å². The summed E-state index contributed by atoms with van der Waals surface area (Å²) < 4.78 is 90.6. The van der Waals surface area contributed by atoms with Crippen LogP contribution in [-0.4, -0.2) is 9.13 Å². The monoisotopic (exact) mass is 712 g/mol. The Hall–Kier alpha value is -6.52. The molecule has 8 rings (SSSR count). The molecule has 0 atom stereocenters. The van der Waals surface area contributed by atoms with Crippen molar-refractivity contribution in [3.05, 3.63) is 154 Å². The molecule has 0 saturated carbocycles. The summed E-state index contributed by atoms with van der Waals surface area (Å²) in [6, 6.07) is 27.0. The third-order valence-electron chi connectivity index (χ3n) is 9.76. The van der Waals surface area contributed by atoms with Gasteiger partial charge in [0, 0.05) is 21.5 Å². The van der Waals surface area contributed by atoms with Gasteiger partial charge in [-0.05, 0) is 91.1 Å². The number of nitrogens with zero attached hydrogens (tertiary/aromatic N) is 4.